The minimum Gasteiger partial charge on any atom is -1.00 e. The van der Waals surface area contributed by atoms with Crippen LogP contribution in [0.3, 0.4) is 0 Å². The molecule has 9 heteroatoms. The maximum absolute atomic E-state index is 8.74. The Balaban J connectivity index is -0.0000000133. The van der Waals surface area contributed by atoms with Crippen LogP contribution in [0.5, 0.6) is 0 Å². The van der Waals surface area contributed by atoms with Crippen LogP contribution in [0.4, 0.5) is 0 Å². The van der Waals surface area contributed by atoms with Crippen LogP contribution in [-0.2, 0) is 10.4 Å². The molecule has 48 valence electrons. The van der Waals surface area contributed by atoms with Gasteiger partial charge in [-0.2, -0.15) is 8.42 Å². The van der Waals surface area contributed by atoms with Crippen molar-refractivity contribution in [2.75, 3.05) is 0 Å². The van der Waals surface area contributed by atoms with E-state index in [4.69, 9.17) is 17.5 Å². The third-order valence-corrected chi connectivity index (χ3v) is 0. The number of rotatable bonds is 0. The molecule has 0 heterocycles. The first kappa shape index (κ1) is 29.2. The van der Waals surface area contributed by atoms with Crippen molar-refractivity contribution in [3.8, 4) is 0 Å². The van der Waals surface area contributed by atoms with Crippen LogP contribution in [0, 0.1) is 0 Å². The van der Waals surface area contributed by atoms with E-state index in [1.807, 2.05) is 0 Å². The van der Waals surface area contributed by atoms with Crippen LogP contribution in [0.15, 0.2) is 0 Å². The molecule has 0 spiro atoms. The van der Waals surface area contributed by atoms with Crippen LogP contribution in [0.2, 0.25) is 0 Å². The van der Waals surface area contributed by atoms with E-state index in [0.29, 0.717) is 0 Å². The van der Waals surface area contributed by atoms with Crippen molar-refractivity contribution >= 4 is 10.4 Å². The molecule has 0 fully saturated rings. The monoisotopic (exact) mass is 382 g/mol. The van der Waals surface area contributed by atoms with Gasteiger partial charge in [-0.15, -0.1) is 0 Å². The minimum atomic E-state index is -4.67. The van der Waals surface area contributed by atoms with Gasteiger partial charge in [0.25, 0.3) is 0 Å². The molecule has 0 saturated heterocycles. The quantitative estimate of drug-likeness (QED) is 0.248. The van der Waals surface area contributed by atoms with Gasteiger partial charge in [0.1, 0.15) is 0 Å². The van der Waals surface area contributed by atoms with E-state index in [9.17, 15) is 0 Å². The fourth-order valence-corrected chi connectivity index (χ4v) is 0. The second-order valence-electron chi connectivity index (χ2n) is 0.448. The number of halogens is 2. The third-order valence-electron chi connectivity index (χ3n) is 0. The molecule has 0 bridgehead atoms. The van der Waals surface area contributed by atoms with Gasteiger partial charge in [-0.1, -0.05) is 0 Å². The molecule has 0 saturated carbocycles. The Bertz CT molecular complexity index is 102. The molecule has 0 atom stereocenters. The predicted molar refractivity (Wildman–Crippen MR) is 14.2 cm³/mol. The summed E-state index contributed by atoms with van der Waals surface area (Å²) in [6.45, 7) is 0. The van der Waals surface area contributed by atoms with E-state index >= 15 is 0 Å². The van der Waals surface area contributed by atoms with Crippen molar-refractivity contribution in [2.24, 2.45) is 0 Å². The summed E-state index contributed by atoms with van der Waals surface area (Å²) in [4.78, 5) is 0. The van der Waals surface area contributed by atoms with E-state index in [1.54, 1.807) is 0 Å². The smallest absolute Gasteiger partial charge is 1.00 e. The predicted octanol–water partition coefficient (Wildman–Crippen LogP) is -12.6. The van der Waals surface area contributed by atoms with Crippen LogP contribution < -0.4 is 144 Å². The molecule has 0 aromatic heterocycles. The maximum Gasteiger partial charge on any atom is 1.00 e. The molecule has 0 radical (unpaired) electrons. The maximum atomic E-state index is 8.74. The standard InChI is InChI=1S/BrH.HI.2K.H2O4S/c;;;;1-5(2,3)4/h2*1H;;;(H2,1,2,3,4)/q;;2*+1;/p-2. The topological polar surface area (TPSA) is 74.6 Å². The van der Waals surface area contributed by atoms with Crippen molar-refractivity contribution < 1.29 is 161 Å². The van der Waals surface area contributed by atoms with E-state index < -0.39 is 10.4 Å². The second kappa shape index (κ2) is 14.9. The van der Waals surface area contributed by atoms with Gasteiger partial charge in [0.05, 0.1) is 0 Å². The van der Waals surface area contributed by atoms with Gasteiger partial charge in [-0.05, 0) is 0 Å². The van der Waals surface area contributed by atoms with Crippen molar-refractivity contribution in [3.63, 3.8) is 0 Å². The molecule has 0 aromatic rings. The molecule has 0 rings (SSSR count). The zero-order valence-electron chi connectivity index (χ0n) is 4.88. The Labute approximate surface area is 167 Å². The molecule has 4 nitrogen and oxygen atoms in total. The molecule has 2 N–H and O–H groups in total. The first-order valence-electron chi connectivity index (χ1n) is 0.698. The Morgan fingerprint density at radius 3 is 1.00 bits per heavy atom. The van der Waals surface area contributed by atoms with Crippen LogP contribution in [0.25, 0.3) is 0 Å². The molecule has 0 aliphatic rings. The first-order chi connectivity index (χ1) is 2.00. The average Bonchev–Trinajstić information content (AvgIpc) is 0.722. The van der Waals surface area contributed by atoms with Gasteiger partial charge in [0, 0.05) is 0 Å². The molecule has 0 amide bonds. The van der Waals surface area contributed by atoms with Crippen molar-refractivity contribution in [2.45, 2.75) is 0 Å². The molecule has 0 unspecified atom stereocenters. The molecule has 0 aromatic carbocycles. The van der Waals surface area contributed by atoms with E-state index in [1.165, 1.54) is 0 Å². The van der Waals surface area contributed by atoms with Gasteiger partial charge in [0.15, 0.2) is 0 Å². The Morgan fingerprint density at radius 2 is 1.00 bits per heavy atom. The number of hydrogen-bond donors (Lipinski definition) is 2. The fourth-order valence-electron chi connectivity index (χ4n) is 0. The summed E-state index contributed by atoms with van der Waals surface area (Å²) in [5, 5.41) is 0. The zero-order chi connectivity index (χ0) is 4.50. The zero-order valence-corrected chi connectivity index (χ0v) is 15.7. The summed E-state index contributed by atoms with van der Waals surface area (Å²) in [5.41, 5.74) is 0. The summed E-state index contributed by atoms with van der Waals surface area (Å²) >= 11 is 0. The average molecular weight is 383 g/mol. The van der Waals surface area contributed by atoms with Gasteiger partial charge >= 0.3 is 113 Å². The van der Waals surface area contributed by atoms with Crippen molar-refractivity contribution in [1.29, 1.82) is 0 Å². The van der Waals surface area contributed by atoms with Gasteiger partial charge in [-0.25, -0.2) is 0 Å². The van der Waals surface area contributed by atoms with Gasteiger partial charge < -0.3 is 41.0 Å². The summed E-state index contributed by atoms with van der Waals surface area (Å²) in [5.74, 6) is 0. The summed E-state index contributed by atoms with van der Waals surface area (Å²) in [6, 6.07) is 0. The number of hydrogen-bond acceptors (Lipinski definition) is 2. The summed E-state index contributed by atoms with van der Waals surface area (Å²) < 4.78 is 31.6. The Morgan fingerprint density at radius 1 is 1.00 bits per heavy atom. The molecular formula is H2BrIK2O4S. The molecule has 9 heavy (non-hydrogen) atoms. The molecular weight excluding hydrogens is 381 g/mol. The largest absolute Gasteiger partial charge is 1.00 e. The normalized spacial score (nSPS) is 6.44. The van der Waals surface area contributed by atoms with E-state index in [2.05, 4.69) is 0 Å². The van der Waals surface area contributed by atoms with E-state index in [0.717, 1.165) is 0 Å². The van der Waals surface area contributed by atoms with Crippen molar-refractivity contribution in [1.82, 2.24) is 0 Å². The summed E-state index contributed by atoms with van der Waals surface area (Å²) in [6.07, 6.45) is 0. The molecule has 0 aliphatic carbocycles. The Hall–Kier alpha value is 4.35. The first-order valence-corrected chi connectivity index (χ1v) is 2.10. The fraction of sp³-hybridized carbons (Fsp3) is 0. The molecule has 0 aliphatic heterocycles. The van der Waals surface area contributed by atoms with Crippen molar-refractivity contribution in [3.05, 3.63) is 0 Å². The van der Waals surface area contributed by atoms with Crippen LogP contribution in [-0.4, -0.2) is 17.5 Å². The minimum absolute atomic E-state index is 0. The van der Waals surface area contributed by atoms with Gasteiger partial charge in [-0.3, -0.25) is 9.11 Å². The van der Waals surface area contributed by atoms with Gasteiger partial charge in [0.2, 0.25) is 0 Å². The summed E-state index contributed by atoms with van der Waals surface area (Å²) in [7, 11) is -4.67. The van der Waals surface area contributed by atoms with Crippen LogP contribution in [0.1, 0.15) is 0 Å². The van der Waals surface area contributed by atoms with E-state index in [-0.39, 0.29) is 144 Å². The Kier molecular flexibility index (Phi) is 48.2. The second-order valence-corrected chi connectivity index (χ2v) is 1.34. The van der Waals surface area contributed by atoms with Crippen LogP contribution >= 0.6 is 0 Å². The SMILES string of the molecule is O=S(=O)(O)O.[Br-].[I-].[K+].[K+]. The third kappa shape index (κ3) is 69.9.